The number of esters is 1. The second-order valence-electron chi connectivity index (χ2n) is 3.94. The molecule has 2 unspecified atom stereocenters. The van der Waals surface area contributed by atoms with E-state index >= 15 is 0 Å². The van der Waals surface area contributed by atoms with Crippen LogP contribution in [0.2, 0.25) is 0 Å². The number of aliphatic carboxylic acids is 1. The van der Waals surface area contributed by atoms with Crippen LogP contribution >= 0.6 is 0 Å². The lowest BCUT2D eigenvalue weighted by Crippen LogP contribution is -2.20. The first-order valence-electron chi connectivity index (χ1n) is 4.67. The zero-order chi connectivity index (χ0) is 10.3. The number of rotatable bonds is 4. The van der Waals surface area contributed by atoms with Crippen molar-refractivity contribution < 1.29 is 19.4 Å². The molecule has 0 aromatic carbocycles. The van der Waals surface area contributed by atoms with Crippen molar-refractivity contribution in [3.63, 3.8) is 0 Å². The van der Waals surface area contributed by atoms with Crippen LogP contribution in [0.5, 0.6) is 0 Å². The summed E-state index contributed by atoms with van der Waals surface area (Å²) >= 11 is 0. The summed E-state index contributed by atoms with van der Waals surface area (Å²) in [6, 6.07) is 0. The van der Waals surface area contributed by atoms with Crippen molar-refractivity contribution in [2.24, 2.45) is 11.3 Å². The quantitative estimate of drug-likeness (QED) is 0.537. The fourth-order valence-corrected chi connectivity index (χ4v) is 1.55. The Kier molecular flexibility index (Phi) is 1.87. The van der Waals surface area contributed by atoms with E-state index < -0.39 is 17.3 Å². The number of carboxylic acids is 1. The molecule has 0 saturated heterocycles. The zero-order valence-electron chi connectivity index (χ0n) is 7.73. The van der Waals surface area contributed by atoms with Gasteiger partial charge in [0.05, 0.1) is 11.3 Å². The highest BCUT2D eigenvalue weighted by Crippen LogP contribution is 2.54. The number of carboxylic acid groups (broad SMARTS) is 1. The van der Waals surface area contributed by atoms with Gasteiger partial charge in [-0.2, -0.15) is 0 Å². The Labute approximate surface area is 81.6 Å². The summed E-state index contributed by atoms with van der Waals surface area (Å²) in [4.78, 5) is 22.3. The molecule has 4 nitrogen and oxygen atoms in total. The Morgan fingerprint density at radius 1 is 1.50 bits per heavy atom. The van der Waals surface area contributed by atoms with Crippen LogP contribution in [0, 0.1) is 11.3 Å². The summed E-state index contributed by atoms with van der Waals surface area (Å²) in [5.41, 5.74) is -1.05. The lowest BCUT2D eigenvalue weighted by molar-refractivity contribution is -0.151. The van der Waals surface area contributed by atoms with Crippen molar-refractivity contribution in [2.75, 3.05) is 0 Å². The molecular formula is C10H12O4. The molecule has 14 heavy (non-hydrogen) atoms. The van der Waals surface area contributed by atoms with Crippen molar-refractivity contribution in [3.8, 4) is 0 Å². The van der Waals surface area contributed by atoms with Crippen molar-refractivity contribution in [1.82, 2.24) is 0 Å². The number of hydrogen-bond acceptors (Lipinski definition) is 3. The van der Waals surface area contributed by atoms with Crippen LogP contribution in [0.25, 0.3) is 0 Å². The predicted octanol–water partition coefficient (Wildman–Crippen LogP) is 0.969. The van der Waals surface area contributed by atoms with E-state index in [0.29, 0.717) is 6.42 Å². The van der Waals surface area contributed by atoms with Gasteiger partial charge < -0.3 is 9.84 Å². The second-order valence-corrected chi connectivity index (χ2v) is 3.94. The van der Waals surface area contributed by atoms with Crippen molar-refractivity contribution >= 4 is 11.9 Å². The molecule has 2 aliphatic rings. The Hall–Kier alpha value is -1.32. The Morgan fingerprint density at radius 2 is 2.14 bits per heavy atom. The van der Waals surface area contributed by atoms with Crippen molar-refractivity contribution in [1.29, 1.82) is 0 Å². The monoisotopic (exact) mass is 196 g/mol. The van der Waals surface area contributed by atoms with E-state index in [1.54, 1.807) is 0 Å². The number of ether oxygens (including phenoxy) is 1. The standard InChI is InChI=1S/C10H12O4/c1-2-10(9(12)13)5-7(10)8(11)14-6-3-4-6/h2,6-7H,1,3-5H2,(H,12,13). The highest BCUT2D eigenvalue weighted by atomic mass is 16.5. The third-order valence-electron chi connectivity index (χ3n) is 2.86. The van der Waals surface area contributed by atoms with Crippen molar-refractivity contribution in [3.05, 3.63) is 12.7 Å². The van der Waals surface area contributed by atoms with Crippen LogP contribution in [0.3, 0.4) is 0 Å². The second kappa shape index (κ2) is 2.83. The maximum Gasteiger partial charge on any atom is 0.314 e. The van der Waals surface area contributed by atoms with Crippen LogP contribution in [0.4, 0.5) is 0 Å². The smallest absolute Gasteiger partial charge is 0.314 e. The molecular weight excluding hydrogens is 184 g/mol. The third kappa shape index (κ3) is 1.31. The Morgan fingerprint density at radius 3 is 2.50 bits per heavy atom. The predicted molar refractivity (Wildman–Crippen MR) is 47.5 cm³/mol. The maximum absolute atomic E-state index is 11.4. The molecule has 2 rings (SSSR count). The van der Waals surface area contributed by atoms with Gasteiger partial charge >= 0.3 is 11.9 Å². The summed E-state index contributed by atoms with van der Waals surface area (Å²) in [5.74, 6) is -1.88. The number of hydrogen-bond donors (Lipinski definition) is 1. The average Bonchev–Trinajstić information content (AvgIpc) is 2.98. The molecule has 76 valence electrons. The van der Waals surface area contributed by atoms with E-state index in [0.717, 1.165) is 12.8 Å². The molecule has 0 aliphatic heterocycles. The average molecular weight is 196 g/mol. The van der Waals surface area contributed by atoms with E-state index in [4.69, 9.17) is 9.84 Å². The molecule has 1 N–H and O–H groups in total. The van der Waals surface area contributed by atoms with Crippen molar-refractivity contribution in [2.45, 2.75) is 25.4 Å². The lowest BCUT2D eigenvalue weighted by atomic mass is 10.1. The molecule has 2 atom stereocenters. The first-order chi connectivity index (χ1) is 6.60. The van der Waals surface area contributed by atoms with Crippen LogP contribution in [-0.4, -0.2) is 23.1 Å². The van der Waals surface area contributed by atoms with E-state index in [1.165, 1.54) is 6.08 Å². The first-order valence-corrected chi connectivity index (χ1v) is 4.67. The molecule has 0 aromatic rings. The Bertz CT molecular complexity index is 305. The molecule has 0 aromatic heterocycles. The van der Waals surface area contributed by atoms with Gasteiger partial charge in [-0.15, -0.1) is 6.58 Å². The summed E-state index contributed by atoms with van der Waals surface area (Å²) < 4.78 is 5.04. The summed E-state index contributed by atoms with van der Waals surface area (Å²) in [7, 11) is 0. The van der Waals surface area contributed by atoms with Crippen LogP contribution < -0.4 is 0 Å². The van der Waals surface area contributed by atoms with E-state index in [2.05, 4.69) is 6.58 Å². The normalized spacial score (nSPS) is 34.7. The first kappa shape index (κ1) is 9.24. The molecule has 0 heterocycles. The molecule has 2 aliphatic carbocycles. The minimum atomic E-state index is -1.05. The van der Waals surface area contributed by atoms with E-state index in [9.17, 15) is 9.59 Å². The fourth-order valence-electron chi connectivity index (χ4n) is 1.55. The highest BCUT2D eigenvalue weighted by molar-refractivity contribution is 5.91. The van der Waals surface area contributed by atoms with Crippen LogP contribution in [-0.2, 0) is 14.3 Å². The molecule has 2 fully saturated rings. The fraction of sp³-hybridized carbons (Fsp3) is 0.600. The molecule has 0 spiro atoms. The molecule has 0 radical (unpaired) electrons. The molecule has 2 saturated carbocycles. The van der Waals surface area contributed by atoms with Gasteiger partial charge in [0.2, 0.25) is 0 Å². The minimum absolute atomic E-state index is 0.0411. The maximum atomic E-state index is 11.4. The zero-order valence-corrected chi connectivity index (χ0v) is 7.73. The number of carbonyl (C=O) groups excluding carboxylic acids is 1. The van der Waals surface area contributed by atoms with Gasteiger partial charge in [-0.05, 0) is 19.3 Å². The largest absolute Gasteiger partial charge is 0.481 e. The van der Waals surface area contributed by atoms with Gasteiger partial charge in [-0.1, -0.05) is 6.08 Å². The van der Waals surface area contributed by atoms with Gasteiger partial charge in [-0.3, -0.25) is 9.59 Å². The summed E-state index contributed by atoms with van der Waals surface area (Å²) in [6.45, 7) is 3.45. The van der Waals surface area contributed by atoms with Gasteiger partial charge in [0.1, 0.15) is 6.10 Å². The van der Waals surface area contributed by atoms with Gasteiger partial charge in [0.25, 0.3) is 0 Å². The van der Waals surface area contributed by atoms with E-state index in [-0.39, 0.29) is 12.1 Å². The molecule has 0 bridgehead atoms. The van der Waals surface area contributed by atoms with Crippen LogP contribution in [0.15, 0.2) is 12.7 Å². The van der Waals surface area contributed by atoms with Gasteiger partial charge in [0, 0.05) is 0 Å². The van der Waals surface area contributed by atoms with Gasteiger partial charge in [-0.25, -0.2) is 0 Å². The van der Waals surface area contributed by atoms with Crippen LogP contribution in [0.1, 0.15) is 19.3 Å². The topological polar surface area (TPSA) is 63.6 Å². The molecule has 0 amide bonds. The third-order valence-corrected chi connectivity index (χ3v) is 2.86. The molecule has 4 heteroatoms. The highest BCUT2D eigenvalue weighted by Gasteiger charge is 2.63. The SMILES string of the molecule is C=CC1(C(=O)O)CC1C(=O)OC1CC1. The summed E-state index contributed by atoms with van der Waals surface area (Å²) in [5, 5.41) is 8.89. The van der Waals surface area contributed by atoms with Gasteiger partial charge in [0.15, 0.2) is 0 Å². The van der Waals surface area contributed by atoms with E-state index in [1.807, 2.05) is 0 Å². The summed E-state index contributed by atoms with van der Waals surface area (Å²) in [6.07, 6.45) is 3.53. The lowest BCUT2D eigenvalue weighted by Gasteiger charge is -2.05. The Balaban J connectivity index is 1.97. The number of carbonyl (C=O) groups is 2. The minimum Gasteiger partial charge on any atom is -0.481 e.